The number of carbonyl (C=O) groups is 1. The van der Waals surface area contributed by atoms with Crippen molar-refractivity contribution in [3.05, 3.63) is 48.9 Å². The van der Waals surface area contributed by atoms with Crippen molar-refractivity contribution >= 4 is 29.8 Å². The fourth-order valence-electron chi connectivity index (χ4n) is 2.42. The van der Waals surface area contributed by atoms with Crippen molar-refractivity contribution < 1.29 is 14.6 Å². The highest BCUT2D eigenvalue weighted by atomic mass is 32.1. The number of nitrogens with one attached hydrogen (secondary N) is 1. The zero-order valence-corrected chi connectivity index (χ0v) is 15.7. The summed E-state index contributed by atoms with van der Waals surface area (Å²) in [4.78, 5) is 23.0. The molecular weight excluding hydrogens is 338 g/mol. The maximum atomic E-state index is 12.0. The molecule has 1 aromatic carbocycles. The third-order valence-electron chi connectivity index (χ3n) is 3.81. The average Bonchev–Trinajstić information content (AvgIpc) is 3.04. The van der Waals surface area contributed by atoms with Crippen molar-refractivity contribution in [2.75, 3.05) is 13.7 Å². The van der Waals surface area contributed by atoms with E-state index in [9.17, 15) is 4.79 Å². The summed E-state index contributed by atoms with van der Waals surface area (Å²) in [5.41, 5.74) is 3.51. The first-order valence-electron chi connectivity index (χ1n) is 8.07. The van der Waals surface area contributed by atoms with E-state index in [1.54, 1.807) is 0 Å². The van der Waals surface area contributed by atoms with Gasteiger partial charge in [-0.3, -0.25) is 4.79 Å². The second kappa shape index (κ2) is 10.6. The highest BCUT2D eigenvalue weighted by Crippen LogP contribution is 2.25. The molecule has 2 aromatic rings. The summed E-state index contributed by atoms with van der Waals surface area (Å²) < 4.78 is 7.36. The number of rotatable bonds is 2. The number of aliphatic hydroxyl groups is 1. The van der Waals surface area contributed by atoms with Crippen LogP contribution in [-0.2, 0) is 11.2 Å². The predicted octanol–water partition coefficient (Wildman–Crippen LogP) is 1.59. The number of H-pyrrole nitrogens is 1. The monoisotopic (exact) mass is 363 g/mol. The molecule has 5 nitrogen and oxygen atoms in total. The van der Waals surface area contributed by atoms with E-state index in [2.05, 4.69) is 24.9 Å². The van der Waals surface area contributed by atoms with Crippen LogP contribution in [0.5, 0.6) is 5.75 Å². The number of thiazole rings is 1. The third kappa shape index (κ3) is 5.41. The molecule has 0 saturated carbocycles. The van der Waals surface area contributed by atoms with Crippen LogP contribution in [0.1, 0.15) is 37.8 Å². The van der Waals surface area contributed by atoms with E-state index in [1.807, 2.05) is 25.0 Å². The first kappa shape index (κ1) is 20.9. The summed E-state index contributed by atoms with van der Waals surface area (Å²) in [6.07, 6.45) is 5.02. The molecule has 0 spiro atoms. The van der Waals surface area contributed by atoms with E-state index < -0.39 is 0 Å². The van der Waals surface area contributed by atoms with Gasteiger partial charge in [0.25, 0.3) is 5.56 Å². The van der Waals surface area contributed by atoms with E-state index in [1.165, 1.54) is 22.5 Å². The lowest BCUT2D eigenvalue weighted by molar-refractivity contribution is -0.0979. The number of hydrogen-bond donors (Lipinski definition) is 2. The lowest BCUT2D eigenvalue weighted by Crippen LogP contribution is -2.20. The number of aliphatic hydroxyl groups excluding tert-OH is 1. The molecule has 1 aliphatic rings. The predicted molar refractivity (Wildman–Crippen MR) is 103 cm³/mol. The van der Waals surface area contributed by atoms with Gasteiger partial charge in [0.15, 0.2) is 0 Å². The fourth-order valence-corrected chi connectivity index (χ4v) is 3.44. The van der Waals surface area contributed by atoms with Crippen molar-refractivity contribution in [2.45, 2.75) is 33.1 Å². The van der Waals surface area contributed by atoms with Gasteiger partial charge in [-0.25, -0.2) is 0 Å². The van der Waals surface area contributed by atoms with Crippen LogP contribution in [0.4, 0.5) is 0 Å². The number of aromatic amines is 1. The molecule has 6 heteroatoms. The maximum Gasteiger partial charge on any atom is 0.266 e. The Morgan fingerprint density at radius 2 is 2.12 bits per heavy atom. The number of aromatic nitrogens is 1. The molecule has 0 atom stereocenters. The molecule has 0 radical (unpaired) electrons. The summed E-state index contributed by atoms with van der Waals surface area (Å²) in [6, 6.07) is 6.15. The van der Waals surface area contributed by atoms with Crippen LogP contribution < -0.4 is 19.5 Å². The number of benzene rings is 1. The molecule has 0 unspecified atom stereocenters. The van der Waals surface area contributed by atoms with E-state index in [4.69, 9.17) is 14.6 Å². The zero-order chi connectivity index (χ0) is 18.8. The van der Waals surface area contributed by atoms with Gasteiger partial charge in [-0.2, -0.15) is 0 Å². The summed E-state index contributed by atoms with van der Waals surface area (Å²) in [5, 5.41) is 7.00. The molecule has 0 saturated heterocycles. The minimum absolute atomic E-state index is 0.00299. The molecule has 2 N–H and O–H groups in total. The topological polar surface area (TPSA) is 79.4 Å². The normalized spacial score (nSPS) is 14.2. The summed E-state index contributed by atoms with van der Waals surface area (Å²) in [7, 11) is 1.00. The number of aryl methyl sites for hydroxylation is 1. The first-order chi connectivity index (χ1) is 12.2. The van der Waals surface area contributed by atoms with Crippen LogP contribution in [0.2, 0.25) is 0 Å². The smallest absolute Gasteiger partial charge is 0.266 e. The standard InChI is InChI=1S/C17H19NO2S.CH4O.CH2O/c1-3-11(2)17-18-16(19)15(21-17)10-12-6-7-14-13(9-12)5-4-8-20-14;2*1-2/h6-7,9-10H,3-5,8H2,1-2H3,(H,18,19);2H,1H3;1H2/b15-10-,17-11+;;. The van der Waals surface area contributed by atoms with E-state index in [0.717, 1.165) is 53.5 Å². The van der Waals surface area contributed by atoms with Gasteiger partial charge >= 0.3 is 0 Å². The van der Waals surface area contributed by atoms with Gasteiger partial charge in [0.2, 0.25) is 0 Å². The zero-order valence-electron chi connectivity index (χ0n) is 14.9. The quantitative estimate of drug-likeness (QED) is 0.849. The van der Waals surface area contributed by atoms with Crippen LogP contribution in [0.25, 0.3) is 11.6 Å². The number of carbonyl (C=O) groups excluding carboxylic acids is 1. The maximum absolute atomic E-state index is 12.0. The molecule has 3 rings (SSSR count). The molecule has 2 heterocycles. The van der Waals surface area contributed by atoms with Gasteiger partial charge in [0.05, 0.1) is 15.8 Å². The molecule has 1 aromatic heterocycles. The molecule has 136 valence electrons. The van der Waals surface area contributed by atoms with Gasteiger partial charge in [-0.05, 0) is 61.1 Å². The van der Waals surface area contributed by atoms with Crippen LogP contribution in [0, 0.1) is 0 Å². The SMILES string of the molecule is C=O.CC/C(C)=c1\[nH]c(=O)/c(=C/c2ccc3c(c2)CCCO3)s1.CO. The van der Waals surface area contributed by atoms with Gasteiger partial charge in [-0.1, -0.05) is 13.0 Å². The first-order valence-corrected chi connectivity index (χ1v) is 8.89. The Hall–Kier alpha value is -2.18. The second-order valence-corrected chi connectivity index (χ2v) is 6.40. The molecular formula is C19H25NO4S. The second-order valence-electron chi connectivity index (χ2n) is 5.35. The molecule has 0 aliphatic carbocycles. The largest absolute Gasteiger partial charge is 0.493 e. The Kier molecular flexibility index (Phi) is 8.88. The van der Waals surface area contributed by atoms with Crippen LogP contribution in [0.3, 0.4) is 0 Å². The van der Waals surface area contributed by atoms with Gasteiger partial charge in [-0.15, -0.1) is 11.3 Å². The highest BCUT2D eigenvalue weighted by molar-refractivity contribution is 7.07. The molecule has 1 aliphatic heterocycles. The van der Waals surface area contributed by atoms with Crippen molar-refractivity contribution in [1.29, 1.82) is 0 Å². The van der Waals surface area contributed by atoms with Gasteiger partial charge in [0, 0.05) is 7.11 Å². The van der Waals surface area contributed by atoms with E-state index in [-0.39, 0.29) is 5.56 Å². The Labute approximate surface area is 151 Å². The van der Waals surface area contributed by atoms with Crippen LogP contribution >= 0.6 is 11.3 Å². The van der Waals surface area contributed by atoms with E-state index >= 15 is 0 Å². The Morgan fingerprint density at radius 1 is 1.40 bits per heavy atom. The van der Waals surface area contributed by atoms with Crippen molar-refractivity contribution in [1.82, 2.24) is 4.98 Å². The number of hydrogen-bond acceptors (Lipinski definition) is 5. The molecule has 0 bridgehead atoms. The number of ether oxygens (including phenoxy) is 1. The Bertz CT molecular complexity index is 851. The average molecular weight is 363 g/mol. The highest BCUT2D eigenvalue weighted by Gasteiger charge is 2.09. The Morgan fingerprint density at radius 3 is 2.80 bits per heavy atom. The molecule has 0 amide bonds. The summed E-state index contributed by atoms with van der Waals surface area (Å²) in [5.74, 6) is 0.981. The lowest BCUT2D eigenvalue weighted by atomic mass is 10.0. The minimum Gasteiger partial charge on any atom is -0.493 e. The fraction of sp³-hybridized carbons (Fsp3) is 0.368. The minimum atomic E-state index is -0.00299. The lowest BCUT2D eigenvalue weighted by Gasteiger charge is -2.17. The van der Waals surface area contributed by atoms with Crippen molar-refractivity contribution in [3.8, 4) is 5.75 Å². The van der Waals surface area contributed by atoms with E-state index in [0.29, 0.717) is 0 Å². The Balaban J connectivity index is 0.000000730. The van der Waals surface area contributed by atoms with Crippen LogP contribution in [0.15, 0.2) is 23.0 Å². The third-order valence-corrected chi connectivity index (χ3v) is 4.99. The van der Waals surface area contributed by atoms with Gasteiger partial charge in [0.1, 0.15) is 12.5 Å². The summed E-state index contributed by atoms with van der Waals surface area (Å²) in [6.45, 7) is 6.96. The number of fused-ring (bicyclic) bond motifs is 1. The summed E-state index contributed by atoms with van der Waals surface area (Å²) >= 11 is 1.53. The molecule has 25 heavy (non-hydrogen) atoms. The van der Waals surface area contributed by atoms with Gasteiger partial charge < -0.3 is 19.6 Å². The molecule has 0 fully saturated rings. The van der Waals surface area contributed by atoms with Crippen molar-refractivity contribution in [2.24, 2.45) is 0 Å². The van der Waals surface area contributed by atoms with Crippen molar-refractivity contribution in [3.63, 3.8) is 0 Å². The van der Waals surface area contributed by atoms with Crippen LogP contribution in [-0.4, -0.2) is 30.6 Å².